The van der Waals surface area contributed by atoms with Crippen molar-refractivity contribution in [3.05, 3.63) is 34.0 Å². The lowest BCUT2D eigenvalue weighted by molar-refractivity contribution is -0.400. The van der Waals surface area contributed by atoms with Crippen LogP contribution in [0.3, 0.4) is 0 Å². The summed E-state index contributed by atoms with van der Waals surface area (Å²) in [5, 5.41) is 10.4. The number of benzene rings is 1. The van der Waals surface area contributed by atoms with E-state index >= 15 is 0 Å². The number of nitro groups is 1. The summed E-state index contributed by atoms with van der Waals surface area (Å²) in [4.78, 5) is 10.5. The van der Waals surface area contributed by atoms with Gasteiger partial charge in [-0.05, 0) is 36.3 Å². The maximum absolute atomic E-state index is 12.1. The molecule has 5 nitrogen and oxygen atoms in total. The van der Waals surface area contributed by atoms with Gasteiger partial charge in [-0.1, -0.05) is 0 Å². The van der Waals surface area contributed by atoms with Crippen LogP contribution in [-0.2, 0) is 0 Å². The largest absolute Gasteiger partial charge is 0.495 e. The minimum atomic E-state index is -4.13. The molecule has 0 saturated heterocycles. The fraction of sp³-hybridized carbons (Fsp3) is 0.467. The van der Waals surface area contributed by atoms with Crippen molar-refractivity contribution < 1.29 is 27.6 Å². The molecule has 1 aromatic rings. The Kier molecular flexibility index (Phi) is 7.90. The Morgan fingerprint density at radius 2 is 1.79 bits per heavy atom. The average molecular weight is 365 g/mol. The van der Waals surface area contributed by atoms with E-state index in [-0.39, 0.29) is 6.42 Å². The molecule has 0 radical (unpaired) electrons. The number of thioether (sulfide) groups is 1. The van der Waals surface area contributed by atoms with E-state index < -0.39 is 17.5 Å². The van der Waals surface area contributed by atoms with Gasteiger partial charge in [0.05, 0.1) is 24.0 Å². The monoisotopic (exact) mass is 365 g/mol. The number of hydrogen-bond donors (Lipinski definition) is 0. The van der Waals surface area contributed by atoms with Crippen LogP contribution in [0.15, 0.2) is 23.2 Å². The first-order chi connectivity index (χ1) is 11.3. The Balaban J connectivity index is 2.80. The molecule has 9 heteroatoms. The SMILES string of the molecule is COc1cc(/C=C/[N+](=O)[O-])cc(OC)c1SCCCCC(F)(F)F. The minimum Gasteiger partial charge on any atom is -0.495 e. The van der Waals surface area contributed by atoms with E-state index in [0.29, 0.717) is 34.1 Å². The van der Waals surface area contributed by atoms with E-state index in [1.165, 1.54) is 32.1 Å². The molecular weight excluding hydrogens is 347 g/mol. The zero-order valence-electron chi connectivity index (χ0n) is 13.3. The lowest BCUT2D eigenvalue weighted by Crippen LogP contribution is -2.06. The quantitative estimate of drug-likeness (QED) is 0.273. The van der Waals surface area contributed by atoms with Crippen molar-refractivity contribution in [1.29, 1.82) is 0 Å². The second-order valence-electron chi connectivity index (χ2n) is 4.78. The fourth-order valence-electron chi connectivity index (χ4n) is 1.89. The first-order valence-corrected chi connectivity index (χ1v) is 8.02. The summed E-state index contributed by atoms with van der Waals surface area (Å²) < 4.78 is 46.9. The van der Waals surface area contributed by atoms with Crippen molar-refractivity contribution in [2.24, 2.45) is 0 Å². The molecule has 0 aliphatic carbocycles. The fourth-order valence-corrected chi connectivity index (χ4v) is 3.01. The Bertz CT molecular complexity index is 566. The lowest BCUT2D eigenvalue weighted by Gasteiger charge is -2.14. The van der Waals surface area contributed by atoms with Crippen molar-refractivity contribution in [3.8, 4) is 11.5 Å². The van der Waals surface area contributed by atoms with Gasteiger partial charge < -0.3 is 9.47 Å². The van der Waals surface area contributed by atoms with E-state index in [4.69, 9.17) is 9.47 Å². The number of hydrogen-bond acceptors (Lipinski definition) is 5. The van der Waals surface area contributed by atoms with Gasteiger partial charge in [-0.25, -0.2) is 0 Å². The summed E-state index contributed by atoms with van der Waals surface area (Å²) in [6.45, 7) is 0. The highest BCUT2D eigenvalue weighted by Gasteiger charge is 2.25. The second-order valence-corrected chi connectivity index (χ2v) is 5.88. The molecule has 0 amide bonds. The van der Waals surface area contributed by atoms with Gasteiger partial charge in [-0.15, -0.1) is 11.8 Å². The Hall–Kier alpha value is -1.90. The Morgan fingerprint density at radius 1 is 1.21 bits per heavy atom. The normalized spacial score (nSPS) is 11.7. The van der Waals surface area contributed by atoms with Crippen LogP contribution in [0.25, 0.3) is 6.08 Å². The van der Waals surface area contributed by atoms with E-state index in [1.54, 1.807) is 12.1 Å². The van der Waals surface area contributed by atoms with E-state index in [1.807, 2.05) is 0 Å². The average Bonchev–Trinajstić information content (AvgIpc) is 2.51. The van der Waals surface area contributed by atoms with Crippen molar-refractivity contribution in [1.82, 2.24) is 0 Å². The third-order valence-corrected chi connectivity index (χ3v) is 4.16. The minimum absolute atomic E-state index is 0.0603. The standard InChI is InChI=1S/C15H18F3NO4S/c1-22-12-9-11(5-7-19(20)21)10-13(23-2)14(12)24-8-4-3-6-15(16,17)18/h5,7,9-10H,3-4,6,8H2,1-2H3/b7-5+. The predicted molar refractivity (Wildman–Crippen MR) is 86.2 cm³/mol. The van der Waals surface area contributed by atoms with E-state index in [9.17, 15) is 23.3 Å². The van der Waals surface area contributed by atoms with Crippen LogP contribution in [0.1, 0.15) is 24.8 Å². The summed E-state index contributed by atoms with van der Waals surface area (Å²) in [6, 6.07) is 3.22. The predicted octanol–water partition coefficient (Wildman–Crippen LogP) is 4.78. The lowest BCUT2D eigenvalue weighted by atomic mass is 10.2. The van der Waals surface area contributed by atoms with Crippen molar-refractivity contribution in [3.63, 3.8) is 0 Å². The smallest absolute Gasteiger partial charge is 0.389 e. The molecule has 0 spiro atoms. The molecule has 0 atom stereocenters. The second kappa shape index (κ2) is 9.41. The van der Waals surface area contributed by atoms with E-state index in [0.717, 1.165) is 6.20 Å². The van der Waals surface area contributed by atoms with Crippen LogP contribution >= 0.6 is 11.8 Å². The molecule has 24 heavy (non-hydrogen) atoms. The Labute approximate surface area is 142 Å². The van der Waals surface area contributed by atoms with Crippen LogP contribution in [-0.4, -0.2) is 31.1 Å². The molecule has 1 aromatic carbocycles. The molecule has 0 N–H and O–H groups in total. The zero-order chi connectivity index (χ0) is 18.2. The number of halogens is 3. The first-order valence-electron chi connectivity index (χ1n) is 7.04. The summed E-state index contributed by atoms with van der Waals surface area (Å²) in [6.07, 6.45) is -2.36. The number of nitrogens with zero attached hydrogens (tertiary/aromatic N) is 1. The molecule has 0 fully saturated rings. The molecular formula is C15H18F3NO4S. The van der Waals surface area contributed by atoms with Gasteiger partial charge in [0.1, 0.15) is 11.5 Å². The zero-order valence-corrected chi connectivity index (χ0v) is 14.1. The summed E-state index contributed by atoms with van der Waals surface area (Å²) in [5.41, 5.74) is 0.529. The molecule has 0 aliphatic heterocycles. The van der Waals surface area contributed by atoms with Crippen molar-refractivity contribution >= 4 is 17.8 Å². The molecule has 0 aliphatic rings. The third kappa shape index (κ3) is 7.12. The number of methoxy groups -OCH3 is 2. The number of unbranched alkanes of at least 4 members (excludes halogenated alkanes) is 1. The summed E-state index contributed by atoms with van der Waals surface area (Å²) in [7, 11) is 2.90. The number of alkyl halides is 3. The van der Waals surface area contributed by atoms with Gasteiger partial charge in [-0.2, -0.15) is 13.2 Å². The van der Waals surface area contributed by atoms with Crippen LogP contribution in [0.5, 0.6) is 11.5 Å². The van der Waals surface area contributed by atoms with Crippen LogP contribution < -0.4 is 9.47 Å². The molecule has 0 bridgehead atoms. The molecule has 0 aromatic heterocycles. The molecule has 0 saturated carbocycles. The number of ether oxygens (including phenoxy) is 2. The maximum Gasteiger partial charge on any atom is 0.389 e. The first kappa shape index (κ1) is 20.1. The molecule has 1 rings (SSSR count). The van der Waals surface area contributed by atoms with Gasteiger partial charge in [0.15, 0.2) is 0 Å². The van der Waals surface area contributed by atoms with Gasteiger partial charge >= 0.3 is 6.18 Å². The molecule has 0 unspecified atom stereocenters. The highest BCUT2D eigenvalue weighted by Crippen LogP contribution is 2.40. The molecule has 0 heterocycles. The summed E-state index contributed by atoms with van der Waals surface area (Å²) in [5.74, 6) is 1.39. The van der Waals surface area contributed by atoms with Crippen LogP contribution in [0.2, 0.25) is 0 Å². The highest BCUT2D eigenvalue weighted by atomic mass is 32.2. The van der Waals surface area contributed by atoms with Crippen molar-refractivity contribution in [2.75, 3.05) is 20.0 Å². The van der Waals surface area contributed by atoms with Gasteiger partial charge in [-0.3, -0.25) is 10.1 Å². The third-order valence-electron chi connectivity index (χ3n) is 2.97. The van der Waals surface area contributed by atoms with Gasteiger partial charge in [0, 0.05) is 12.5 Å². The van der Waals surface area contributed by atoms with E-state index in [2.05, 4.69) is 0 Å². The molecule has 134 valence electrons. The Morgan fingerprint density at radius 3 is 2.25 bits per heavy atom. The van der Waals surface area contributed by atoms with Gasteiger partial charge in [0.2, 0.25) is 6.20 Å². The maximum atomic E-state index is 12.1. The highest BCUT2D eigenvalue weighted by molar-refractivity contribution is 7.99. The topological polar surface area (TPSA) is 61.6 Å². The van der Waals surface area contributed by atoms with Crippen LogP contribution in [0.4, 0.5) is 13.2 Å². The summed E-state index contributed by atoms with van der Waals surface area (Å²) >= 11 is 1.33. The van der Waals surface area contributed by atoms with Crippen molar-refractivity contribution in [2.45, 2.75) is 30.3 Å². The van der Waals surface area contributed by atoms with Crippen LogP contribution in [0, 0.1) is 10.1 Å². The van der Waals surface area contributed by atoms with Gasteiger partial charge in [0.25, 0.3) is 0 Å². The number of rotatable bonds is 9.